The van der Waals surface area contributed by atoms with E-state index in [1.54, 1.807) is 24.3 Å². The number of amides is 3. The van der Waals surface area contributed by atoms with Gasteiger partial charge in [-0.1, -0.05) is 12.1 Å². The van der Waals surface area contributed by atoms with E-state index >= 15 is 0 Å². The highest BCUT2D eigenvalue weighted by Crippen LogP contribution is 2.33. The van der Waals surface area contributed by atoms with Crippen LogP contribution in [0.3, 0.4) is 0 Å². The quantitative estimate of drug-likeness (QED) is 0.731. The van der Waals surface area contributed by atoms with Crippen LogP contribution >= 0.6 is 23.1 Å². The molecule has 144 valence electrons. The number of fused-ring (bicyclic) bond motifs is 1. The summed E-state index contributed by atoms with van der Waals surface area (Å²) in [5.74, 6) is -0.762. The summed E-state index contributed by atoms with van der Waals surface area (Å²) in [6, 6.07) is 7.76. The van der Waals surface area contributed by atoms with Crippen LogP contribution in [0.1, 0.15) is 43.1 Å². The highest BCUT2D eigenvalue weighted by molar-refractivity contribution is 7.98. The van der Waals surface area contributed by atoms with Crippen LogP contribution < -0.4 is 5.32 Å². The van der Waals surface area contributed by atoms with Gasteiger partial charge in [-0.15, -0.1) is 11.3 Å². The van der Waals surface area contributed by atoms with Crippen molar-refractivity contribution in [1.82, 2.24) is 4.90 Å². The normalized spacial score (nSPS) is 14.0. The number of carbonyl (C=O) groups is 3. The fourth-order valence-corrected chi connectivity index (χ4v) is 4.62. The Balaban J connectivity index is 1.92. The van der Waals surface area contributed by atoms with Crippen molar-refractivity contribution in [3.63, 3.8) is 0 Å². The van der Waals surface area contributed by atoms with Gasteiger partial charge >= 0.3 is 0 Å². The van der Waals surface area contributed by atoms with Gasteiger partial charge in [0, 0.05) is 4.88 Å². The number of anilines is 1. The lowest BCUT2D eigenvalue weighted by molar-refractivity contribution is -0.120. The van der Waals surface area contributed by atoms with Crippen LogP contribution in [0.15, 0.2) is 24.3 Å². The van der Waals surface area contributed by atoms with Crippen LogP contribution in [-0.2, 0) is 4.79 Å². The third kappa shape index (κ3) is 3.43. The van der Waals surface area contributed by atoms with Gasteiger partial charge in [-0.25, -0.2) is 0 Å². The molecule has 1 aromatic heterocycles. The maximum atomic E-state index is 13.1. The summed E-state index contributed by atoms with van der Waals surface area (Å²) in [5, 5.41) is 12.6. The Bertz CT molecular complexity index is 972. The van der Waals surface area contributed by atoms with Crippen LogP contribution in [0.4, 0.5) is 5.00 Å². The predicted molar refractivity (Wildman–Crippen MR) is 111 cm³/mol. The first-order chi connectivity index (χ1) is 13.4. The maximum Gasteiger partial charge on any atom is 0.262 e. The minimum atomic E-state index is -0.936. The lowest BCUT2D eigenvalue weighted by Crippen LogP contribution is -2.47. The summed E-state index contributed by atoms with van der Waals surface area (Å²) in [6.45, 7) is 3.71. The van der Waals surface area contributed by atoms with Gasteiger partial charge in [0.15, 0.2) is 0 Å². The average molecular weight is 414 g/mol. The number of benzene rings is 1. The lowest BCUT2D eigenvalue weighted by atomic mass is 10.1. The second-order valence-corrected chi connectivity index (χ2v) is 8.62. The second kappa shape index (κ2) is 8.17. The number of imide groups is 1. The van der Waals surface area contributed by atoms with E-state index in [1.807, 2.05) is 20.1 Å². The highest BCUT2D eigenvalue weighted by atomic mass is 32.2. The van der Waals surface area contributed by atoms with E-state index in [0.29, 0.717) is 33.9 Å². The van der Waals surface area contributed by atoms with Crippen molar-refractivity contribution in [3.05, 3.63) is 51.4 Å². The maximum absolute atomic E-state index is 13.1. The average Bonchev–Trinajstić information content (AvgIpc) is 3.10. The smallest absolute Gasteiger partial charge is 0.262 e. The molecule has 3 rings (SSSR count). The molecule has 1 N–H and O–H groups in total. The van der Waals surface area contributed by atoms with Crippen LogP contribution in [0.5, 0.6) is 0 Å². The fraction of sp³-hybridized carbons (Fsp3) is 0.300. The van der Waals surface area contributed by atoms with Gasteiger partial charge in [-0.05, 0) is 50.0 Å². The molecular formula is C20H19N3O3S2. The highest BCUT2D eigenvalue weighted by Gasteiger charge is 2.42. The molecule has 28 heavy (non-hydrogen) atoms. The van der Waals surface area contributed by atoms with E-state index in [9.17, 15) is 19.6 Å². The molecule has 0 saturated heterocycles. The van der Waals surface area contributed by atoms with E-state index in [4.69, 9.17) is 0 Å². The Morgan fingerprint density at radius 1 is 1.25 bits per heavy atom. The SMILES string of the molecule is CSCCC(C(=O)Nc1sc(C)c(C)c1C#N)N1C(=O)c2ccccc2C1=O. The van der Waals surface area contributed by atoms with Gasteiger partial charge in [0.2, 0.25) is 5.91 Å². The Kier molecular flexibility index (Phi) is 5.87. The molecule has 8 heteroatoms. The molecule has 0 bridgehead atoms. The minimum Gasteiger partial charge on any atom is -0.315 e. The van der Waals surface area contributed by atoms with Crippen molar-refractivity contribution < 1.29 is 14.4 Å². The summed E-state index contributed by atoms with van der Waals surface area (Å²) in [7, 11) is 0. The number of aryl methyl sites for hydroxylation is 1. The van der Waals surface area contributed by atoms with Crippen LogP contribution in [0.2, 0.25) is 0 Å². The Labute approximate surface area is 171 Å². The molecule has 1 aromatic carbocycles. The topological polar surface area (TPSA) is 90.3 Å². The number of nitrogens with one attached hydrogen (secondary N) is 1. The van der Waals surface area contributed by atoms with Crippen molar-refractivity contribution in [3.8, 4) is 6.07 Å². The zero-order valence-corrected chi connectivity index (χ0v) is 17.4. The Hall–Kier alpha value is -2.63. The van der Waals surface area contributed by atoms with Gasteiger partial charge in [-0.2, -0.15) is 17.0 Å². The molecule has 0 fully saturated rings. The zero-order chi connectivity index (χ0) is 20.4. The fourth-order valence-electron chi connectivity index (χ4n) is 3.14. The molecule has 6 nitrogen and oxygen atoms in total. The number of hydrogen-bond acceptors (Lipinski definition) is 6. The number of nitriles is 1. The van der Waals surface area contributed by atoms with Crippen molar-refractivity contribution in [1.29, 1.82) is 5.26 Å². The van der Waals surface area contributed by atoms with Crippen molar-refractivity contribution in [2.45, 2.75) is 26.3 Å². The third-order valence-electron chi connectivity index (χ3n) is 4.77. The van der Waals surface area contributed by atoms with E-state index in [2.05, 4.69) is 11.4 Å². The number of rotatable bonds is 6. The summed E-state index contributed by atoms with van der Waals surface area (Å²) in [5.41, 5.74) is 1.87. The number of thiophene rings is 1. The molecule has 1 aliphatic heterocycles. The number of hydrogen-bond donors (Lipinski definition) is 1. The van der Waals surface area contributed by atoms with Crippen LogP contribution in [-0.4, -0.2) is 40.7 Å². The van der Waals surface area contributed by atoms with Gasteiger partial charge < -0.3 is 5.32 Å². The largest absolute Gasteiger partial charge is 0.315 e. The van der Waals surface area contributed by atoms with Crippen LogP contribution in [0.25, 0.3) is 0 Å². The summed E-state index contributed by atoms with van der Waals surface area (Å²) in [6.07, 6.45) is 2.24. The number of thioether (sulfide) groups is 1. The molecule has 1 atom stereocenters. The van der Waals surface area contributed by atoms with Gasteiger partial charge in [0.05, 0.1) is 16.7 Å². The predicted octanol–water partition coefficient (Wildman–Crippen LogP) is 3.59. The number of carbonyl (C=O) groups excluding carboxylic acids is 3. The Morgan fingerprint density at radius 3 is 2.39 bits per heavy atom. The van der Waals surface area contributed by atoms with Gasteiger partial charge in [0.25, 0.3) is 11.8 Å². The zero-order valence-electron chi connectivity index (χ0n) is 15.7. The van der Waals surface area contributed by atoms with Crippen molar-refractivity contribution in [2.75, 3.05) is 17.3 Å². The van der Waals surface area contributed by atoms with E-state index in [0.717, 1.165) is 15.3 Å². The summed E-state index contributed by atoms with van der Waals surface area (Å²) in [4.78, 5) is 40.7. The van der Waals surface area contributed by atoms with E-state index in [1.165, 1.54) is 23.1 Å². The number of nitrogens with zero attached hydrogens (tertiary/aromatic N) is 2. The second-order valence-electron chi connectivity index (χ2n) is 6.41. The first kappa shape index (κ1) is 20.1. The van der Waals surface area contributed by atoms with E-state index < -0.39 is 23.8 Å². The lowest BCUT2D eigenvalue weighted by Gasteiger charge is -2.25. The standard InChI is InChI=1S/C20H19N3O3S2/c1-11-12(2)28-18(15(11)10-21)22-17(24)16(8-9-27-3)23-19(25)13-6-4-5-7-14(13)20(23)26/h4-7,16H,8-9H2,1-3H3,(H,22,24). The minimum absolute atomic E-state index is 0.315. The molecular weight excluding hydrogens is 394 g/mol. The molecule has 0 aliphatic carbocycles. The van der Waals surface area contributed by atoms with Crippen molar-refractivity contribution >= 4 is 45.8 Å². The van der Waals surface area contributed by atoms with Crippen molar-refractivity contribution in [2.24, 2.45) is 0 Å². The monoisotopic (exact) mass is 413 g/mol. The summed E-state index contributed by atoms with van der Waals surface area (Å²) >= 11 is 2.85. The molecule has 0 radical (unpaired) electrons. The summed E-state index contributed by atoms with van der Waals surface area (Å²) < 4.78 is 0. The van der Waals surface area contributed by atoms with E-state index in [-0.39, 0.29) is 0 Å². The molecule has 2 aromatic rings. The first-order valence-corrected chi connectivity index (χ1v) is 10.9. The molecule has 0 spiro atoms. The molecule has 2 heterocycles. The van der Waals surface area contributed by atoms with Gasteiger partial charge in [0.1, 0.15) is 17.1 Å². The molecule has 3 amide bonds. The Morgan fingerprint density at radius 2 is 1.86 bits per heavy atom. The first-order valence-electron chi connectivity index (χ1n) is 8.67. The van der Waals surface area contributed by atoms with Crippen LogP contribution in [0, 0.1) is 25.2 Å². The van der Waals surface area contributed by atoms with Gasteiger partial charge in [-0.3, -0.25) is 19.3 Å². The molecule has 1 unspecified atom stereocenters. The third-order valence-corrected chi connectivity index (χ3v) is 6.54. The molecule has 1 aliphatic rings. The molecule has 0 saturated carbocycles.